The summed E-state index contributed by atoms with van der Waals surface area (Å²) >= 11 is 5.91. The second-order valence-corrected chi connectivity index (χ2v) is 8.53. The molecule has 146 valence electrons. The third-order valence-corrected chi connectivity index (χ3v) is 5.10. The maximum Gasteiger partial charge on any atom is 0.331 e. The second-order valence-electron chi connectivity index (χ2n) is 5.89. The maximum absolute atomic E-state index is 13.8. The lowest BCUT2D eigenvalue weighted by atomic mass is 10.1. The third kappa shape index (κ3) is 5.04. The van der Waals surface area contributed by atoms with Crippen LogP contribution in [0.25, 0.3) is 11.1 Å². The van der Waals surface area contributed by atoms with Crippen LogP contribution in [0.2, 0.25) is 5.02 Å². The molecule has 0 aliphatic carbocycles. The SMILES string of the molecule is CS(=O)(=O)CCCn1c(=O)c(-c2cccc(F)c2Cl)cn(CC(=O)O)c1=O. The summed E-state index contributed by atoms with van der Waals surface area (Å²) in [5.41, 5.74) is -1.90. The van der Waals surface area contributed by atoms with Gasteiger partial charge in [-0.25, -0.2) is 17.6 Å². The van der Waals surface area contributed by atoms with Crippen LogP contribution in [0.1, 0.15) is 6.42 Å². The molecule has 0 saturated heterocycles. The number of sulfone groups is 1. The highest BCUT2D eigenvalue weighted by Crippen LogP contribution is 2.27. The van der Waals surface area contributed by atoms with E-state index in [4.69, 9.17) is 16.7 Å². The zero-order valence-corrected chi connectivity index (χ0v) is 15.8. The first kappa shape index (κ1) is 20.8. The minimum absolute atomic E-state index is 0.00216. The molecule has 11 heteroatoms. The number of aliphatic carboxylic acids is 1. The zero-order chi connectivity index (χ0) is 20.4. The van der Waals surface area contributed by atoms with Gasteiger partial charge in [0.05, 0.1) is 16.3 Å². The molecule has 0 saturated carbocycles. The number of carbonyl (C=O) groups is 1. The highest BCUT2D eigenvalue weighted by molar-refractivity contribution is 7.90. The van der Waals surface area contributed by atoms with Crippen LogP contribution >= 0.6 is 11.6 Å². The molecule has 27 heavy (non-hydrogen) atoms. The molecule has 0 aliphatic heterocycles. The Bertz CT molecular complexity index is 1110. The van der Waals surface area contributed by atoms with Gasteiger partial charge in [-0.1, -0.05) is 23.7 Å². The van der Waals surface area contributed by atoms with E-state index in [9.17, 15) is 27.2 Å². The van der Waals surface area contributed by atoms with Gasteiger partial charge in [-0.2, -0.15) is 0 Å². The van der Waals surface area contributed by atoms with Crippen LogP contribution < -0.4 is 11.2 Å². The molecule has 0 aliphatic rings. The van der Waals surface area contributed by atoms with E-state index in [2.05, 4.69) is 0 Å². The molecule has 0 spiro atoms. The largest absolute Gasteiger partial charge is 0.480 e. The van der Waals surface area contributed by atoms with E-state index in [0.717, 1.165) is 27.7 Å². The number of rotatable bonds is 7. The molecule has 1 aromatic heterocycles. The zero-order valence-electron chi connectivity index (χ0n) is 14.2. The Kier molecular flexibility index (Phi) is 6.22. The van der Waals surface area contributed by atoms with E-state index in [0.29, 0.717) is 0 Å². The van der Waals surface area contributed by atoms with Crippen molar-refractivity contribution in [3.8, 4) is 11.1 Å². The molecular formula is C16H16ClFN2O6S. The van der Waals surface area contributed by atoms with Crippen molar-refractivity contribution in [1.29, 1.82) is 0 Å². The Balaban J connectivity index is 2.65. The molecule has 1 N–H and O–H groups in total. The third-order valence-electron chi connectivity index (χ3n) is 3.68. The Hall–Kier alpha value is -2.46. The summed E-state index contributed by atoms with van der Waals surface area (Å²) in [7, 11) is -3.31. The van der Waals surface area contributed by atoms with Crippen molar-refractivity contribution in [1.82, 2.24) is 9.13 Å². The summed E-state index contributed by atoms with van der Waals surface area (Å²) in [6.07, 6.45) is 2.00. The normalized spacial score (nSPS) is 11.5. The van der Waals surface area contributed by atoms with Gasteiger partial charge < -0.3 is 5.11 Å². The Morgan fingerprint density at radius 3 is 2.52 bits per heavy atom. The first-order chi connectivity index (χ1) is 12.5. The minimum Gasteiger partial charge on any atom is -0.480 e. The number of hydrogen-bond donors (Lipinski definition) is 1. The molecule has 1 aromatic carbocycles. The fourth-order valence-electron chi connectivity index (χ4n) is 2.49. The molecule has 2 rings (SSSR count). The summed E-state index contributed by atoms with van der Waals surface area (Å²) in [4.78, 5) is 36.2. The molecular weight excluding hydrogens is 403 g/mol. The lowest BCUT2D eigenvalue weighted by Gasteiger charge is -2.13. The number of halogens is 2. The van der Waals surface area contributed by atoms with Gasteiger partial charge in [0.2, 0.25) is 0 Å². The van der Waals surface area contributed by atoms with Gasteiger partial charge >= 0.3 is 11.7 Å². The van der Waals surface area contributed by atoms with Crippen molar-refractivity contribution < 1.29 is 22.7 Å². The summed E-state index contributed by atoms with van der Waals surface area (Å²) in [5.74, 6) is -2.37. The van der Waals surface area contributed by atoms with E-state index in [1.165, 1.54) is 12.1 Å². The number of carboxylic acid groups (broad SMARTS) is 1. The van der Waals surface area contributed by atoms with Gasteiger partial charge in [-0.3, -0.25) is 18.7 Å². The predicted octanol–water partition coefficient (Wildman–Crippen LogP) is 0.989. The van der Waals surface area contributed by atoms with E-state index >= 15 is 0 Å². The lowest BCUT2D eigenvalue weighted by molar-refractivity contribution is -0.137. The first-order valence-corrected chi connectivity index (χ1v) is 10.1. The van der Waals surface area contributed by atoms with Crippen molar-refractivity contribution in [2.75, 3.05) is 12.0 Å². The van der Waals surface area contributed by atoms with Crippen molar-refractivity contribution >= 4 is 27.4 Å². The molecule has 0 fully saturated rings. The summed E-state index contributed by atoms with van der Waals surface area (Å²) in [6, 6.07) is 3.76. The monoisotopic (exact) mass is 418 g/mol. The summed E-state index contributed by atoms with van der Waals surface area (Å²) in [6.45, 7) is -0.976. The highest BCUT2D eigenvalue weighted by atomic mass is 35.5. The van der Waals surface area contributed by atoms with Crippen LogP contribution in [0, 0.1) is 5.82 Å². The van der Waals surface area contributed by atoms with Crippen molar-refractivity contribution in [3.05, 3.63) is 56.1 Å². The predicted molar refractivity (Wildman–Crippen MR) is 97.3 cm³/mol. The number of benzene rings is 1. The van der Waals surface area contributed by atoms with Crippen molar-refractivity contribution in [2.45, 2.75) is 19.5 Å². The highest BCUT2D eigenvalue weighted by Gasteiger charge is 2.18. The van der Waals surface area contributed by atoms with E-state index in [1.807, 2.05) is 0 Å². The van der Waals surface area contributed by atoms with Crippen LogP contribution in [-0.2, 0) is 27.7 Å². The van der Waals surface area contributed by atoms with Gasteiger partial charge in [0.1, 0.15) is 22.2 Å². The molecule has 0 unspecified atom stereocenters. The van der Waals surface area contributed by atoms with E-state index < -0.39 is 39.4 Å². The molecule has 0 radical (unpaired) electrons. The number of nitrogens with zero attached hydrogens (tertiary/aromatic N) is 2. The molecule has 8 nitrogen and oxygen atoms in total. The average Bonchev–Trinajstić information content (AvgIpc) is 2.55. The van der Waals surface area contributed by atoms with Crippen LogP contribution in [0.4, 0.5) is 4.39 Å². The summed E-state index contributed by atoms with van der Waals surface area (Å²) < 4.78 is 37.8. The molecule has 1 heterocycles. The minimum atomic E-state index is -3.31. The van der Waals surface area contributed by atoms with Crippen LogP contribution in [-0.4, -0.2) is 40.6 Å². The van der Waals surface area contributed by atoms with Gasteiger partial charge in [-0.05, 0) is 12.5 Å². The number of hydrogen-bond acceptors (Lipinski definition) is 5. The standard InChI is InChI=1S/C16H16ClFN2O6S/c1-27(25,26)7-3-6-20-15(23)11(8-19(16(20)24)9-13(21)22)10-4-2-5-12(18)14(10)17/h2,4-5,8H,3,6-7,9H2,1H3,(H,21,22). The van der Waals surface area contributed by atoms with E-state index in [1.54, 1.807) is 0 Å². The Morgan fingerprint density at radius 2 is 1.93 bits per heavy atom. The quantitative estimate of drug-likeness (QED) is 0.716. The maximum atomic E-state index is 13.8. The van der Waals surface area contributed by atoms with Gasteiger partial charge in [0.25, 0.3) is 5.56 Å². The number of aromatic nitrogens is 2. The lowest BCUT2D eigenvalue weighted by Crippen LogP contribution is -2.41. The first-order valence-electron chi connectivity index (χ1n) is 7.69. The Labute approximate surface area is 158 Å². The molecule has 2 aromatic rings. The Morgan fingerprint density at radius 1 is 1.26 bits per heavy atom. The van der Waals surface area contributed by atoms with Crippen LogP contribution in [0.5, 0.6) is 0 Å². The van der Waals surface area contributed by atoms with Crippen LogP contribution in [0.3, 0.4) is 0 Å². The molecule has 0 amide bonds. The van der Waals surface area contributed by atoms with Crippen LogP contribution in [0.15, 0.2) is 34.0 Å². The van der Waals surface area contributed by atoms with E-state index in [-0.39, 0.29) is 34.9 Å². The van der Waals surface area contributed by atoms with Crippen molar-refractivity contribution in [3.63, 3.8) is 0 Å². The van der Waals surface area contributed by atoms with Gasteiger partial charge in [-0.15, -0.1) is 0 Å². The number of carboxylic acids is 1. The van der Waals surface area contributed by atoms with Gasteiger partial charge in [0.15, 0.2) is 0 Å². The smallest absolute Gasteiger partial charge is 0.331 e. The molecule has 0 bridgehead atoms. The van der Waals surface area contributed by atoms with Gasteiger partial charge in [0, 0.05) is 24.6 Å². The van der Waals surface area contributed by atoms with Crippen molar-refractivity contribution in [2.24, 2.45) is 0 Å². The summed E-state index contributed by atoms with van der Waals surface area (Å²) in [5, 5.41) is 8.63. The second kappa shape index (κ2) is 8.05. The fraction of sp³-hybridized carbons (Fsp3) is 0.312. The topological polar surface area (TPSA) is 115 Å². The molecule has 0 atom stereocenters. The fourth-order valence-corrected chi connectivity index (χ4v) is 3.37. The average molecular weight is 419 g/mol.